The zero-order valence-electron chi connectivity index (χ0n) is 15.5. The van der Waals surface area contributed by atoms with Crippen LogP contribution in [0.3, 0.4) is 0 Å². The summed E-state index contributed by atoms with van der Waals surface area (Å²) in [5, 5.41) is 3.99. The summed E-state index contributed by atoms with van der Waals surface area (Å²) in [5.41, 5.74) is 0.862. The van der Waals surface area contributed by atoms with E-state index >= 15 is 0 Å². The Balaban J connectivity index is 1.25. The van der Waals surface area contributed by atoms with Gasteiger partial charge in [0.2, 0.25) is 0 Å². The van der Waals surface area contributed by atoms with Gasteiger partial charge in [0.1, 0.15) is 0 Å². The van der Waals surface area contributed by atoms with Gasteiger partial charge >= 0.3 is 11.9 Å². The Kier molecular flexibility index (Phi) is 5.49. The smallest absolute Gasteiger partial charge is 0.340 e. The molecule has 0 saturated carbocycles. The average molecular weight is 386 g/mol. The predicted molar refractivity (Wildman–Crippen MR) is 110 cm³/mol. The first kappa shape index (κ1) is 18.7. The molecule has 0 aromatic heterocycles. The van der Waals surface area contributed by atoms with E-state index in [1.54, 1.807) is 24.3 Å². The maximum atomic E-state index is 12.1. The molecule has 0 unspecified atom stereocenters. The Labute approximate surface area is 167 Å². The average Bonchev–Trinajstić information content (AvgIpc) is 2.77. The Morgan fingerprint density at radius 1 is 0.552 bits per heavy atom. The monoisotopic (exact) mass is 386 g/mol. The molecule has 4 rings (SSSR count). The zero-order chi connectivity index (χ0) is 20.1. The Morgan fingerprint density at radius 3 is 1.41 bits per heavy atom. The van der Waals surface area contributed by atoms with Gasteiger partial charge < -0.3 is 14.2 Å². The van der Waals surface area contributed by atoms with Crippen LogP contribution in [0.4, 0.5) is 0 Å². The first-order valence-corrected chi connectivity index (χ1v) is 9.10. The van der Waals surface area contributed by atoms with Crippen molar-refractivity contribution < 1.29 is 23.8 Å². The number of rotatable bonds is 6. The third-order valence-electron chi connectivity index (χ3n) is 4.52. The van der Waals surface area contributed by atoms with Crippen molar-refractivity contribution in [2.24, 2.45) is 0 Å². The molecule has 0 atom stereocenters. The van der Waals surface area contributed by atoms with Gasteiger partial charge in [0.25, 0.3) is 0 Å². The van der Waals surface area contributed by atoms with Gasteiger partial charge in [0.05, 0.1) is 11.1 Å². The quantitative estimate of drug-likeness (QED) is 0.267. The van der Waals surface area contributed by atoms with Gasteiger partial charge in [-0.1, -0.05) is 60.7 Å². The van der Waals surface area contributed by atoms with Crippen LogP contribution in [0.5, 0.6) is 0 Å². The van der Waals surface area contributed by atoms with Gasteiger partial charge in [0.15, 0.2) is 13.6 Å². The minimum Gasteiger partial charge on any atom is -0.435 e. The first-order chi connectivity index (χ1) is 14.2. The number of carbonyl (C=O) groups is 2. The van der Waals surface area contributed by atoms with Crippen LogP contribution in [-0.4, -0.2) is 25.5 Å². The van der Waals surface area contributed by atoms with E-state index in [1.165, 1.54) is 0 Å². The summed E-state index contributed by atoms with van der Waals surface area (Å²) in [7, 11) is 0. The molecule has 0 bridgehead atoms. The van der Waals surface area contributed by atoms with Crippen molar-refractivity contribution >= 4 is 33.5 Å². The summed E-state index contributed by atoms with van der Waals surface area (Å²) in [4.78, 5) is 24.2. The molecular formula is C24H18O5. The fourth-order valence-corrected chi connectivity index (χ4v) is 3.02. The molecule has 0 spiro atoms. The molecule has 0 aliphatic carbocycles. The van der Waals surface area contributed by atoms with Crippen molar-refractivity contribution in [3.8, 4) is 0 Å². The summed E-state index contributed by atoms with van der Waals surface area (Å²) in [6, 6.07) is 26.1. The van der Waals surface area contributed by atoms with Crippen molar-refractivity contribution in [2.45, 2.75) is 0 Å². The number of esters is 2. The lowest BCUT2D eigenvalue weighted by Gasteiger charge is -2.08. The summed E-state index contributed by atoms with van der Waals surface area (Å²) < 4.78 is 15.2. The van der Waals surface area contributed by atoms with Crippen LogP contribution in [0.1, 0.15) is 20.7 Å². The standard InChI is InChI=1S/C24H18O5/c25-23(21-11-9-17-5-1-3-7-19(17)13-21)28-15-27-16-29-24(26)22-12-10-18-6-2-4-8-20(18)14-22/h1-14H,15-16H2. The molecule has 0 aliphatic rings. The van der Waals surface area contributed by atoms with Crippen LogP contribution in [-0.2, 0) is 14.2 Å². The zero-order valence-corrected chi connectivity index (χ0v) is 15.5. The van der Waals surface area contributed by atoms with Crippen LogP contribution < -0.4 is 0 Å². The molecule has 0 heterocycles. The number of ether oxygens (including phenoxy) is 3. The van der Waals surface area contributed by atoms with Crippen LogP contribution in [0.25, 0.3) is 21.5 Å². The molecule has 4 aromatic rings. The van der Waals surface area contributed by atoms with Gasteiger partial charge in [-0.2, -0.15) is 0 Å². The maximum Gasteiger partial charge on any atom is 0.340 e. The largest absolute Gasteiger partial charge is 0.435 e. The van der Waals surface area contributed by atoms with E-state index in [2.05, 4.69) is 0 Å². The van der Waals surface area contributed by atoms with Crippen molar-refractivity contribution in [3.05, 3.63) is 96.1 Å². The molecule has 0 aliphatic heterocycles. The fraction of sp³-hybridized carbons (Fsp3) is 0.0833. The van der Waals surface area contributed by atoms with E-state index in [0.29, 0.717) is 11.1 Å². The van der Waals surface area contributed by atoms with E-state index in [4.69, 9.17) is 14.2 Å². The van der Waals surface area contributed by atoms with E-state index in [0.717, 1.165) is 21.5 Å². The highest BCUT2D eigenvalue weighted by molar-refractivity contribution is 5.96. The molecule has 0 radical (unpaired) electrons. The summed E-state index contributed by atoms with van der Waals surface area (Å²) in [6.07, 6.45) is 0. The van der Waals surface area contributed by atoms with E-state index in [-0.39, 0.29) is 13.6 Å². The third-order valence-corrected chi connectivity index (χ3v) is 4.52. The van der Waals surface area contributed by atoms with Crippen LogP contribution in [0.2, 0.25) is 0 Å². The Bertz CT molecular complexity index is 1090. The van der Waals surface area contributed by atoms with Crippen molar-refractivity contribution in [3.63, 3.8) is 0 Å². The molecule has 4 aromatic carbocycles. The SMILES string of the molecule is O=C(OCOCOC(=O)c1ccc2ccccc2c1)c1ccc2ccccc2c1. The van der Waals surface area contributed by atoms with Crippen LogP contribution in [0, 0.1) is 0 Å². The topological polar surface area (TPSA) is 61.8 Å². The normalized spacial score (nSPS) is 10.8. The maximum absolute atomic E-state index is 12.1. The molecule has 0 N–H and O–H groups in total. The Morgan fingerprint density at radius 2 is 0.966 bits per heavy atom. The lowest BCUT2D eigenvalue weighted by Crippen LogP contribution is -2.13. The number of fused-ring (bicyclic) bond motifs is 2. The van der Waals surface area contributed by atoms with Crippen molar-refractivity contribution in [1.82, 2.24) is 0 Å². The summed E-state index contributed by atoms with van der Waals surface area (Å²) in [6.45, 7) is -0.618. The van der Waals surface area contributed by atoms with E-state index in [1.807, 2.05) is 60.7 Å². The number of benzene rings is 4. The van der Waals surface area contributed by atoms with Crippen molar-refractivity contribution in [1.29, 1.82) is 0 Å². The predicted octanol–water partition coefficient (Wildman–Crippen LogP) is 4.94. The minimum atomic E-state index is -0.503. The molecule has 5 heteroatoms. The van der Waals surface area contributed by atoms with Crippen LogP contribution >= 0.6 is 0 Å². The lowest BCUT2D eigenvalue weighted by molar-refractivity contribution is -0.0931. The molecule has 5 nitrogen and oxygen atoms in total. The minimum absolute atomic E-state index is 0.309. The molecule has 0 saturated heterocycles. The molecule has 0 amide bonds. The number of hydrogen-bond donors (Lipinski definition) is 0. The lowest BCUT2D eigenvalue weighted by atomic mass is 10.1. The highest BCUT2D eigenvalue weighted by Gasteiger charge is 2.10. The second-order valence-electron chi connectivity index (χ2n) is 6.43. The van der Waals surface area contributed by atoms with Gasteiger partial charge in [0, 0.05) is 0 Å². The van der Waals surface area contributed by atoms with Crippen LogP contribution in [0.15, 0.2) is 84.9 Å². The van der Waals surface area contributed by atoms with Crippen molar-refractivity contribution in [2.75, 3.05) is 13.6 Å². The van der Waals surface area contributed by atoms with Gasteiger partial charge in [-0.3, -0.25) is 0 Å². The van der Waals surface area contributed by atoms with E-state index < -0.39 is 11.9 Å². The van der Waals surface area contributed by atoms with Gasteiger partial charge in [-0.15, -0.1) is 0 Å². The van der Waals surface area contributed by atoms with Gasteiger partial charge in [-0.05, 0) is 45.8 Å². The molecule has 0 fully saturated rings. The highest BCUT2D eigenvalue weighted by atomic mass is 16.8. The number of carbonyl (C=O) groups excluding carboxylic acids is 2. The first-order valence-electron chi connectivity index (χ1n) is 9.10. The molecule has 29 heavy (non-hydrogen) atoms. The summed E-state index contributed by atoms with van der Waals surface area (Å²) in [5.74, 6) is -1.01. The number of hydrogen-bond acceptors (Lipinski definition) is 5. The summed E-state index contributed by atoms with van der Waals surface area (Å²) >= 11 is 0. The van der Waals surface area contributed by atoms with Gasteiger partial charge in [-0.25, -0.2) is 9.59 Å². The van der Waals surface area contributed by atoms with E-state index in [9.17, 15) is 9.59 Å². The highest BCUT2D eigenvalue weighted by Crippen LogP contribution is 2.17. The molecule has 144 valence electrons. The third kappa shape index (κ3) is 4.42. The Hall–Kier alpha value is -3.70. The second kappa shape index (κ2) is 8.54. The molecular weight excluding hydrogens is 368 g/mol. The fourth-order valence-electron chi connectivity index (χ4n) is 3.02. The second-order valence-corrected chi connectivity index (χ2v) is 6.43.